The Kier molecular flexibility index (Phi) is 12.6. The number of carbonyl (C=O) groups excluding carboxylic acids is 1. The molecule has 0 atom stereocenters. The zero-order valence-corrected chi connectivity index (χ0v) is 20.5. The summed E-state index contributed by atoms with van der Waals surface area (Å²) in [7, 11) is 4.19. The Hall–Kier alpha value is -1.61. The number of rotatable bonds is 17. The number of para-hydroxylation sites is 1. The number of hydrogen-bond acceptors (Lipinski definition) is 2. The second-order valence-corrected chi connectivity index (χ2v) is 9.48. The molecule has 1 aromatic heterocycles. The first-order chi connectivity index (χ1) is 15.1. The lowest BCUT2D eigenvalue weighted by Crippen LogP contribution is -2.15. The molecule has 3 nitrogen and oxygen atoms in total. The highest BCUT2D eigenvalue weighted by atomic mass is 16.2. The lowest BCUT2D eigenvalue weighted by atomic mass is 10.0. The van der Waals surface area contributed by atoms with Crippen LogP contribution in [-0.4, -0.2) is 36.0 Å². The quantitative estimate of drug-likeness (QED) is 0.240. The Morgan fingerprint density at radius 2 is 1.35 bits per heavy atom. The van der Waals surface area contributed by atoms with Crippen LogP contribution in [0.5, 0.6) is 0 Å². The van der Waals surface area contributed by atoms with E-state index in [1.54, 1.807) is 0 Å². The number of carbonyl (C=O) groups is 1. The van der Waals surface area contributed by atoms with Crippen molar-refractivity contribution in [2.45, 2.75) is 103 Å². The summed E-state index contributed by atoms with van der Waals surface area (Å²) in [4.78, 5) is 15.1. The lowest BCUT2D eigenvalue weighted by Gasteiger charge is -2.07. The molecule has 1 heterocycles. The van der Waals surface area contributed by atoms with Crippen LogP contribution in [0, 0.1) is 0 Å². The summed E-state index contributed by atoms with van der Waals surface area (Å²) in [6.45, 7) is 3.28. The summed E-state index contributed by atoms with van der Waals surface area (Å²) in [5.41, 5.74) is 2.35. The maximum Gasteiger partial charge on any atom is 0.231 e. The molecule has 0 saturated heterocycles. The van der Waals surface area contributed by atoms with Crippen molar-refractivity contribution >= 4 is 16.8 Å². The molecule has 0 unspecified atom stereocenters. The minimum atomic E-state index is 0.246. The van der Waals surface area contributed by atoms with Crippen molar-refractivity contribution in [3.05, 3.63) is 36.0 Å². The van der Waals surface area contributed by atoms with Gasteiger partial charge < -0.3 is 4.90 Å². The molecule has 0 amide bonds. The fourth-order valence-electron chi connectivity index (χ4n) is 4.41. The molecule has 3 heteroatoms. The first-order valence-electron chi connectivity index (χ1n) is 12.9. The monoisotopic (exact) mass is 426 g/mol. The second-order valence-electron chi connectivity index (χ2n) is 9.48. The van der Waals surface area contributed by atoms with Gasteiger partial charge in [-0.3, -0.25) is 9.36 Å². The van der Waals surface area contributed by atoms with Gasteiger partial charge in [0.25, 0.3) is 0 Å². The molecule has 0 spiro atoms. The smallest absolute Gasteiger partial charge is 0.231 e. The SMILES string of the molecule is CCCCCCCCCCCCCCCC(=O)n1cc(CCN(C)C)c2ccccc21. The van der Waals surface area contributed by atoms with Crippen LogP contribution < -0.4 is 0 Å². The Balaban J connectivity index is 1.62. The normalized spacial score (nSPS) is 11.6. The molecule has 0 saturated carbocycles. The maximum atomic E-state index is 12.9. The summed E-state index contributed by atoms with van der Waals surface area (Å²) in [6, 6.07) is 8.33. The number of aromatic nitrogens is 1. The predicted octanol–water partition coefficient (Wildman–Crippen LogP) is 7.87. The van der Waals surface area contributed by atoms with Crippen LogP contribution in [0.3, 0.4) is 0 Å². The minimum Gasteiger partial charge on any atom is -0.309 e. The number of likely N-dealkylation sites (N-methyl/N-ethyl adjacent to an activating group) is 1. The van der Waals surface area contributed by atoms with E-state index in [1.165, 1.54) is 88.0 Å². The van der Waals surface area contributed by atoms with E-state index in [2.05, 4.69) is 50.3 Å². The third kappa shape index (κ3) is 9.60. The number of hydrogen-bond donors (Lipinski definition) is 0. The summed E-state index contributed by atoms with van der Waals surface area (Å²) >= 11 is 0. The van der Waals surface area contributed by atoms with E-state index in [1.807, 2.05) is 10.6 Å². The minimum absolute atomic E-state index is 0.246. The van der Waals surface area contributed by atoms with E-state index in [9.17, 15) is 4.79 Å². The molecule has 2 rings (SSSR count). The molecule has 0 radical (unpaired) electrons. The van der Waals surface area contributed by atoms with Crippen molar-refractivity contribution in [3.63, 3.8) is 0 Å². The highest BCUT2D eigenvalue weighted by molar-refractivity contribution is 5.94. The van der Waals surface area contributed by atoms with E-state index in [-0.39, 0.29) is 5.91 Å². The molecule has 0 N–H and O–H groups in total. The fraction of sp³-hybridized carbons (Fsp3) is 0.679. The standard InChI is InChI=1S/C28H46N2O/c1-4-5-6-7-8-9-10-11-12-13-14-15-16-21-28(31)30-24-25(22-23-29(2)3)26-19-17-18-20-27(26)30/h17-20,24H,4-16,21-23H2,1-3H3. The third-order valence-corrected chi connectivity index (χ3v) is 6.39. The van der Waals surface area contributed by atoms with Gasteiger partial charge in [0.05, 0.1) is 5.52 Å². The van der Waals surface area contributed by atoms with Crippen LogP contribution in [0.15, 0.2) is 30.5 Å². The summed E-state index contributed by atoms with van der Waals surface area (Å²) in [5.74, 6) is 0.246. The molecule has 0 bridgehead atoms. The highest BCUT2D eigenvalue weighted by Gasteiger charge is 2.13. The molecule has 0 aliphatic heterocycles. The fourth-order valence-corrected chi connectivity index (χ4v) is 4.41. The van der Waals surface area contributed by atoms with Gasteiger partial charge in [0.2, 0.25) is 5.91 Å². The Morgan fingerprint density at radius 1 is 0.806 bits per heavy atom. The molecule has 0 aliphatic carbocycles. The van der Waals surface area contributed by atoms with Gasteiger partial charge in [-0.25, -0.2) is 0 Å². The molecule has 2 aromatic rings. The first-order valence-corrected chi connectivity index (χ1v) is 12.9. The van der Waals surface area contributed by atoms with Crippen LogP contribution in [0.1, 0.15) is 107 Å². The van der Waals surface area contributed by atoms with Crippen LogP contribution in [0.4, 0.5) is 0 Å². The largest absolute Gasteiger partial charge is 0.309 e. The lowest BCUT2D eigenvalue weighted by molar-refractivity contribution is 0.0904. The number of benzene rings is 1. The Labute approximate surface area is 191 Å². The van der Waals surface area contributed by atoms with Crippen molar-refractivity contribution in [2.24, 2.45) is 0 Å². The average molecular weight is 427 g/mol. The van der Waals surface area contributed by atoms with E-state index < -0.39 is 0 Å². The Morgan fingerprint density at radius 3 is 1.94 bits per heavy atom. The van der Waals surface area contributed by atoms with Crippen molar-refractivity contribution in [1.29, 1.82) is 0 Å². The van der Waals surface area contributed by atoms with Gasteiger partial charge in [-0.05, 0) is 38.6 Å². The molecule has 31 heavy (non-hydrogen) atoms. The van der Waals surface area contributed by atoms with Crippen LogP contribution in [0.25, 0.3) is 10.9 Å². The van der Waals surface area contributed by atoms with Gasteiger partial charge >= 0.3 is 0 Å². The van der Waals surface area contributed by atoms with Crippen molar-refractivity contribution in [3.8, 4) is 0 Å². The van der Waals surface area contributed by atoms with Crippen molar-refractivity contribution in [2.75, 3.05) is 20.6 Å². The first kappa shape index (κ1) is 25.6. The predicted molar refractivity (Wildman–Crippen MR) is 135 cm³/mol. The summed E-state index contributed by atoms with van der Waals surface area (Å²) in [5, 5.41) is 1.23. The van der Waals surface area contributed by atoms with Gasteiger partial charge in [-0.2, -0.15) is 0 Å². The van der Waals surface area contributed by atoms with E-state index >= 15 is 0 Å². The zero-order chi connectivity index (χ0) is 22.3. The summed E-state index contributed by atoms with van der Waals surface area (Å²) < 4.78 is 1.90. The van der Waals surface area contributed by atoms with Crippen LogP contribution >= 0.6 is 0 Å². The van der Waals surface area contributed by atoms with Gasteiger partial charge in [0.15, 0.2) is 0 Å². The third-order valence-electron chi connectivity index (χ3n) is 6.39. The zero-order valence-electron chi connectivity index (χ0n) is 20.5. The van der Waals surface area contributed by atoms with Crippen molar-refractivity contribution in [1.82, 2.24) is 9.47 Å². The second kappa shape index (κ2) is 15.2. The number of nitrogens with zero attached hydrogens (tertiary/aromatic N) is 2. The van der Waals surface area contributed by atoms with Gasteiger partial charge in [0, 0.05) is 24.5 Å². The Bertz CT molecular complexity index is 747. The van der Waals surface area contributed by atoms with E-state index in [4.69, 9.17) is 0 Å². The molecular formula is C28H46N2O. The summed E-state index contributed by atoms with van der Waals surface area (Å²) in [6.07, 6.45) is 21.1. The average Bonchev–Trinajstić information content (AvgIpc) is 3.14. The van der Waals surface area contributed by atoms with E-state index in [0.29, 0.717) is 6.42 Å². The highest BCUT2D eigenvalue weighted by Crippen LogP contribution is 2.23. The van der Waals surface area contributed by atoms with Gasteiger partial charge in [-0.1, -0.05) is 102 Å². The van der Waals surface area contributed by atoms with Crippen LogP contribution in [-0.2, 0) is 6.42 Å². The van der Waals surface area contributed by atoms with Gasteiger partial charge in [0.1, 0.15) is 0 Å². The number of fused-ring (bicyclic) bond motifs is 1. The van der Waals surface area contributed by atoms with Crippen molar-refractivity contribution < 1.29 is 4.79 Å². The molecule has 1 aromatic carbocycles. The number of unbranched alkanes of at least 4 members (excludes halogenated alkanes) is 12. The topological polar surface area (TPSA) is 25.2 Å². The molecular weight excluding hydrogens is 380 g/mol. The van der Waals surface area contributed by atoms with Crippen LogP contribution in [0.2, 0.25) is 0 Å². The maximum absolute atomic E-state index is 12.9. The molecule has 0 fully saturated rings. The van der Waals surface area contributed by atoms with Gasteiger partial charge in [-0.15, -0.1) is 0 Å². The molecule has 0 aliphatic rings. The van der Waals surface area contributed by atoms with E-state index in [0.717, 1.165) is 24.9 Å². The molecule has 174 valence electrons.